The molecule has 1 unspecified atom stereocenters. The van der Waals surface area contributed by atoms with Crippen LogP contribution < -0.4 is 0 Å². The number of hydrogen-bond donors (Lipinski definition) is 0. The molecule has 0 bridgehead atoms. The lowest BCUT2D eigenvalue weighted by Gasteiger charge is -2.36. The molecule has 0 saturated carbocycles. The Morgan fingerprint density at radius 2 is 2.08 bits per heavy atom. The van der Waals surface area contributed by atoms with Gasteiger partial charge in [0.25, 0.3) is 0 Å². The van der Waals surface area contributed by atoms with Gasteiger partial charge in [0.15, 0.2) is 0 Å². The molecule has 1 amide bonds. The lowest BCUT2D eigenvalue weighted by Crippen LogP contribution is -2.49. The van der Waals surface area contributed by atoms with Crippen molar-refractivity contribution in [2.75, 3.05) is 26.8 Å². The highest BCUT2D eigenvalue weighted by atomic mass is 19.1. The largest absolute Gasteiger partial charge is 0.381 e. The van der Waals surface area contributed by atoms with E-state index in [-0.39, 0.29) is 17.8 Å². The average Bonchev–Trinajstić information content (AvgIpc) is 3.08. The SMILES string of the molecule is Cc1ccc(F)c(CN(C)C(=O)C2CCCN2C2CCOCC2)c1. The third kappa shape index (κ3) is 3.78. The van der Waals surface area contributed by atoms with Gasteiger partial charge >= 0.3 is 0 Å². The molecule has 0 aliphatic carbocycles. The van der Waals surface area contributed by atoms with Gasteiger partial charge in [-0.05, 0) is 45.2 Å². The maximum atomic E-state index is 14.0. The van der Waals surface area contributed by atoms with Crippen LogP contribution in [-0.4, -0.2) is 54.6 Å². The van der Waals surface area contributed by atoms with E-state index in [1.54, 1.807) is 18.0 Å². The number of amides is 1. The summed E-state index contributed by atoms with van der Waals surface area (Å²) in [6.45, 7) is 4.81. The molecule has 0 aromatic heterocycles. The number of aryl methyl sites for hydroxylation is 1. The Hall–Kier alpha value is -1.46. The van der Waals surface area contributed by atoms with Gasteiger partial charge in [-0.3, -0.25) is 9.69 Å². The summed E-state index contributed by atoms with van der Waals surface area (Å²) in [6, 6.07) is 5.44. The molecule has 24 heavy (non-hydrogen) atoms. The zero-order chi connectivity index (χ0) is 17.1. The van der Waals surface area contributed by atoms with Crippen LogP contribution in [0.1, 0.15) is 36.8 Å². The van der Waals surface area contributed by atoms with Gasteiger partial charge in [0.05, 0.1) is 6.04 Å². The Morgan fingerprint density at radius 1 is 1.33 bits per heavy atom. The van der Waals surface area contributed by atoms with Gasteiger partial charge in [-0.25, -0.2) is 4.39 Å². The first-order valence-corrected chi connectivity index (χ1v) is 8.90. The van der Waals surface area contributed by atoms with Gasteiger partial charge in [-0.2, -0.15) is 0 Å². The smallest absolute Gasteiger partial charge is 0.239 e. The average molecular weight is 334 g/mol. The summed E-state index contributed by atoms with van der Waals surface area (Å²) in [5, 5.41) is 0. The highest BCUT2D eigenvalue weighted by Crippen LogP contribution is 2.27. The minimum Gasteiger partial charge on any atom is -0.381 e. The van der Waals surface area contributed by atoms with Crippen molar-refractivity contribution in [1.82, 2.24) is 9.80 Å². The number of halogens is 1. The van der Waals surface area contributed by atoms with Crippen LogP contribution in [-0.2, 0) is 16.1 Å². The Bertz CT molecular complexity index is 587. The number of carbonyl (C=O) groups excluding carboxylic acids is 1. The van der Waals surface area contributed by atoms with Gasteiger partial charge < -0.3 is 9.64 Å². The van der Waals surface area contributed by atoms with Crippen molar-refractivity contribution in [1.29, 1.82) is 0 Å². The van der Waals surface area contributed by atoms with Crippen LogP contribution in [0.3, 0.4) is 0 Å². The molecule has 0 spiro atoms. The first kappa shape index (κ1) is 17.4. The molecule has 2 fully saturated rings. The number of carbonyl (C=O) groups is 1. The zero-order valence-electron chi connectivity index (χ0n) is 14.6. The second-order valence-corrected chi connectivity index (χ2v) is 7.03. The standard InChI is InChI=1S/C19H27FN2O2/c1-14-5-6-17(20)15(12-14)13-21(2)19(23)18-4-3-9-22(18)16-7-10-24-11-8-16/h5-6,12,16,18H,3-4,7-11,13H2,1-2H3. The van der Waals surface area contributed by atoms with E-state index in [4.69, 9.17) is 4.74 Å². The van der Waals surface area contributed by atoms with Crippen molar-refractivity contribution in [3.63, 3.8) is 0 Å². The molecule has 0 radical (unpaired) electrons. The van der Waals surface area contributed by atoms with Crippen molar-refractivity contribution in [3.8, 4) is 0 Å². The number of hydrogen-bond acceptors (Lipinski definition) is 3. The maximum Gasteiger partial charge on any atom is 0.239 e. The lowest BCUT2D eigenvalue weighted by molar-refractivity contribution is -0.136. The molecular weight excluding hydrogens is 307 g/mol. The molecule has 1 atom stereocenters. The summed E-state index contributed by atoms with van der Waals surface area (Å²) < 4.78 is 19.4. The first-order chi connectivity index (χ1) is 11.6. The summed E-state index contributed by atoms with van der Waals surface area (Å²) in [6.07, 6.45) is 3.96. The van der Waals surface area contributed by atoms with Crippen molar-refractivity contribution >= 4 is 5.91 Å². The summed E-state index contributed by atoms with van der Waals surface area (Å²) in [5.41, 5.74) is 1.60. The summed E-state index contributed by atoms with van der Waals surface area (Å²) >= 11 is 0. The minimum atomic E-state index is -0.243. The Kier molecular flexibility index (Phi) is 5.51. The second-order valence-electron chi connectivity index (χ2n) is 7.03. The van der Waals surface area contributed by atoms with Crippen LogP contribution in [0.4, 0.5) is 4.39 Å². The maximum absolute atomic E-state index is 14.0. The highest BCUT2D eigenvalue weighted by molar-refractivity contribution is 5.82. The van der Waals surface area contributed by atoms with Gasteiger partial charge in [0.2, 0.25) is 5.91 Å². The molecule has 2 aliphatic rings. The minimum absolute atomic E-state index is 0.0639. The Morgan fingerprint density at radius 3 is 2.83 bits per heavy atom. The quantitative estimate of drug-likeness (QED) is 0.849. The van der Waals surface area contributed by atoms with Crippen LogP contribution in [0, 0.1) is 12.7 Å². The Balaban J connectivity index is 1.66. The number of rotatable bonds is 4. The molecular formula is C19H27FN2O2. The van der Waals surface area contributed by atoms with Crippen LogP contribution in [0.5, 0.6) is 0 Å². The van der Waals surface area contributed by atoms with Crippen LogP contribution in [0.25, 0.3) is 0 Å². The monoisotopic (exact) mass is 334 g/mol. The topological polar surface area (TPSA) is 32.8 Å². The summed E-state index contributed by atoms with van der Waals surface area (Å²) in [4.78, 5) is 17.0. The lowest BCUT2D eigenvalue weighted by atomic mass is 10.0. The van der Waals surface area contributed by atoms with Gasteiger partial charge in [-0.15, -0.1) is 0 Å². The number of likely N-dealkylation sites (tertiary alicyclic amines) is 1. The molecule has 132 valence electrons. The van der Waals surface area contributed by atoms with E-state index >= 15 is 0 Å². The van der Waals surface area contributed by atoms with E-state index in [2.05, 4.69) is 4.90 Å². The number of nitrogens with zero attached hydrogens (tertiary/aromatic N) is 2. The van der Waals surface area contributed by atoms with E-state index in [1.807, 2.05) is 13.0 Å². The van der Waals surface area contributed by atoms with Gasteiger partial charge in [0, 0.05) is 38.4 Å². The van der Waals surface area contributed by atoms with Crippen LogP contribution in [0.15, 0.2) is 18.2 Å². The summed E-state index contributed by atoms with van der Waals surface area (Å²) in [7, 11) is 1.78. The molecule has 2 aliphatic heterocycles. The molecule has 0 N–H and O–H groups in total. The van der Waals surface area contributed by atoms with Crippen molar-refractivity contribution in [3.05, 3.63) is 35.1 Å². The number of benzene rings is 1. The van der Waals surface area contributed by atoms with E-state index in [1.165, 1.54) is 6.07 Å². The third-order valence-corrected chi connectivity index (χ3v) is 5.22. The number of ether oxygens (including phenoxy) is 1. The van der Waals surface area contributed by atoms with Crippen molar-refractivity contribution in [2.24, 2.45) is 0 Å². The zero-order valence-corrected chi connectivity index (χ0v) is 14.6. The molecule has 4 nitrogen and oxygen atoms in total. The molecule has 2 saturated heterocycles. The fourth-order valence-electron chi connectivity index (χ4n) is 3.92. The van der Waals surface area contributed by atoms with Crippen LogP contribution in [0.2, 0.25) is 0 Å². The van der Waals surface area contributed by atoms with Crippen molar-refractivity contribution < 1.29 is 13.9 Å². The fraction of sp³-hybridized carbons (Fsp3) is 0.632. The van der Waals surface area contributed by atoms with Crippen molar-refractivity contribution in [2.45, 2.75) is 51.2 Å². The highest BCUT2D eigenvalue weighted by Gasteiger charge is 2.37. The molecule has 5 heteroatoms. The number of likely N-dealkylation sites (N-methyl/N-ethyl adjacent to an activating group) is 1. The van der Waals surface area contributed by atoms with E-state index < -0.39 is 0 Å². The second kappa shape index (κ2) is 7.62. The predicted octanol–water partition coefficient (Wildman–Crippen LogP) is 2.74. The third-order valence-electron chi connectivity index (χ3n) is 5.22. The fourth-order valence-corrected chi connectivity index (χ4v) is 3.92. The summed E-state index contributed by atoms with van der Waals surface area (Å²) in [5.74, 6) is -0.132. The molecule has 3 rings (SSSR count). The van der Waals surface area contributed by atoms with Crippen LogP contribution >= 0.6 is 0 Å². The molecule has 1 aromatic carbocycles. The van der Waals surface area contributed by atoms with E-state index in [0.717, 1.165) is 51.0 Å². The van der Waals surface area contributed by atoms with Gasteiger partial charge in [-0.1, -0.05) is 17.7 Å². The molecule has 1 aromatic rings. The van der Waals surface area contributed by atoms with E-state index in [9.17, 15) is 9.18 Å². The van der Waals surface area contributed by atoms with E-state index in [0.29, 0.717) is 18.2 Å². The Labute approximate surface area is 143 Å². The van der Waals surface area contributed by atoms with Gasteiger partial charge in [0.1, 0.15) is 5.82 Å². The predicted molar refractivity (Wildman–Crippen MR) is 91.2 cm³/mol. The normalized spacial score (nSPS) is 22.7. The molecule has 2 heterocycles. The first-order valence-electron chi connectivity index (χ1n) is 8.90.